The van der Waals surface area contributed by atoms with Crippen molar-refractivity contribution in [1.29, 1.82) is 0 Å². The van der Waals surface area contributed by atoms with Crippen LogP contribution in [0.4, 0.5) is 8.78 Å². The second kappa shape index (κ2) is 4.91. The van der Waals surface area contributed by atoms with Gasteiger partial charge in [-0.1, -0.05) is 0 Å². The zero-order chi connectivity index (χ0) is 12.3. The van der Waals surface area contributed by atoms with Gasteiger partial charge in [0.05, 0.1) is 12.9 Å². The molecule has 0 N–H and O–H groups in total. The van der Waals surface area contributed by atoms with Crippen LogP contribution >= 0.6 is 11.6 Å². The van der Waals surface area contributed by atoms with Gasteiger partial charge in [-0.3, -0.25) is 9.59 Å². The lowest BCUT2D eigenvalue weighted by Crippen LogP contribution is -2.28. The Labute approximate surface area is 96.4 Å². The van der Waals surface area contributed by atoms with Gasteiger partial charge in [0.1, 0.15) is 5.57 Å². The molecule has 0 aliphatic heterocycles. The Morgan fingerprint density at radius 3 is 2.44 bits per heavy atom. The van der Waals surface area contributed by atoms with E-state index >= 15 is 0 Å². The van der Waals surface area contributed by atoms with Crippen LogP contribution in [-0.2, 0) is 14.3 Å². The average Bonchev–Trinajstić information content (AvgIpc) is 2.99. The Morgan fingerprint density at radius 1 is 1.50 bits per heavy atom. The number of rotatable bonds is 6. The predicted molar refractivity (Wildman–Crippen MR) is 53.2 cm³/mol. The van der Waals surface area contributed by atoms with Gasteiger partial charge < -0.3 is 4.74 Å². The van der Waals surface area contributed by atoms with E-state index in [2.05, 4.69) is 11.6 Å². The number of carbonyl (C=O) groups is 2. The summed E-state index contributed by atoms with van der Waals surface area (Å²) in [7, 11) is 0. The van der Waals surface area contributed by atoms with Crippen molar-refractivity contribution in [3.8, 4) is 0 Å². The number of hydrogen-bond acceptors (Lipinski definition) is 3. The van der Waals surface area contributed by atoms with E-state index in [0.717, 1.165) is 6.26 Å². The summed E-state index contributed by atoms with van der Waals surface area (Å²) in [6.07, 6.45) is 2.01. The van der Waals surface area contributed by atoms with Crippen molar-refractivity contribution in [2.45, 2.75) is 25.1 Å². The first-order valence-corrected chi connectivity index (χ1v) is 5.23. The third kappa shape index (κ3) is 3.27. The van der Waals surface area contributed by atoms with Crippen LogP contribution in [0.5, 0.6) is 0 Å². The van der Waals surface area contributed by atoms with Crippen LogP contribution < -0.4 is 0 Å². The summed E-state index contributed by atoms with van der Waals surface area (Å²) in [6.45, 7) is 1.79. The topological polar surface area (TPSA) is 43.4 Å². The van der Waals surface area contributed by atoms with E-state index in [1.54, 1.807) is 6.92 Å². The molecule has 16 heavy (non-hydrogen) atoms. The highest BCUT2D eigenvalue weighted by Crippen LogP contribution is 2.34. The molecule has 0 amide bonds. The molecule has 0 unspecified atom stereocenters. The van der Waals surface area contributed by atoms with Gasteiger partial charge in [0.2, 0.25) is 0 Å². The standard InChI is InChI=1S/C10H11ClF2O3/c1-2-16-5-7(8(14)6-3-4-6)9(15)10(11,12)13/h5-6H,2-4H2,1H3. The first-order valence-electron chi connectivity index (χ1n) is 4.85. The monoisotopic (exact) mass is 252 g/mol. The highest BCUT2D eigenvalue weighted by atomic mass is 35.5. The molecule has 6 heteroatoms. The number of allylic oxidation sites excluding steroid dienone is 1. The minimum Gasteiger partial charge on any atom is -0.501 e. The summed E-state index contributed by atoms with van der Waals surface area (Å²) in [5.41, 5.74) is -0.649. The summed E-state index contributed by atoms with van der Waals surface area (Å²) in [4.78, 5) is 22.7. The summed E-state index contributed by atoms with van der Waals surface area (Å²) in [5, 5.41) is -4.06. The maximum absolute atomic E-state index is 12.6. The molecule has 0 heterocycles. The van der Waals surface area contributed by atoms with E-state index in [4.69, 9.17) is 4.74 Å². The molecular weight excluding hydrogens is 242 g/mol. The summed E-state index contributed by atoms with van der Waals surface area (Å²) in [5.74, 6) is -2.65. The Morgan fingerprint density at radius 2 is 2.06 bits per heavy atom. The molecule has 1 aliphatic rings. The Hall–Kier alpha value is -0.970. The predicted octanol–water partition coefficient (Wildman–Crippen LogP) is 2.29. The molecule has 0 atom stereocenters. The number of Topliss-reactive ketones (excluding diaryl/α,β-unsaturated/α-hetero) is 2. The van der Waals surface area contributed by atoms with Crippen molar-refractivity contribution < 1.29 is 23.1 Å². The first-order chi connectivity index (χ1) is 7.38. The number of ether oxygens (including phenoxy) is 1. The van der Waals surface area contributed by atoms with Crippen molar-refractivity contribution in [1.82, 2.24) is 0 Å². The van der Waals surface area contributed by atoms with Crippen molar-refractivity contribution in [3.63, 3.8) is 0 Å². The SMILES string of the molecule is CCOC=C(C(=O)C1CC1)C(=O)C(F)(F)Cl. The molecule has 1 fully saturated rings. The van der Waals surface area contributed by atoms with Crippen molar-refractivity contribution in [2.24, 2.45) is 5.92 Å². The molecule has 0 aromatic heterocycles. The summed E-state index contributed by atoms with van der Waals surface area (Å²) >= 11 is 4.59. The quantitative estimate of drug-likeness (QED) is 0.239. The minimum atomic E-state index is -4.06. The van der Waals surface area contributed by atoms with E-state index in [-0.39, 0.29) is 12.5 Å². The molecule has 0 radical (unpaired) electrons. The van der Waals surface area contributed by atoms with Gasteiger partial charge in [0, 0.05) is 5.92 Å². The lowest BCUT2D eigenvalue weighted by Gasteiger charge is -2.09. The lowest BCUT2D eigenvalue weighted by atomic mass is 10.0. The zero-order valence-electron chi connectivity index (χ0n) is 8.63. The third-order valence-corrected chi connectivity index (χ3v) is 2.26. The van der Waals surface area contributed by atoms with E-state index in [0.29, 0.717) is 12.8 Å². The molecule has 3 nitrogen and oxygen atoms in total. The highest BCUT2D eigenvalue weighted by Gasteiger charge is 2.44. The highest BCUT2D eigenvalue weighted by molar-refractivity contribution is 6.39. The van der Waals surface area contributed by atoms with E-state index in [1.807, 2.05) is 0 Å². The molecular formula is C10H11ClF2O3. The number of ketones is 2. The van der Waals surface area contributed by atoms with E-state index in [1.165, 1.54) is 0 Å². The summed E-state index contributed by atoms with van der Waals surface area (Å²) in [6, 6.07) is 0. The Bertz CT molecular complexity index is 329. The van der Waals surface area contributed by atoms with Gasteiger partial charge in [-0.25, -0.2) is 0 Å². The zero-order valence-corrected chi connectivity index (χ0v) is 9.39. The number of carbonyl (C=O) groups excluding carboxylic acids is 2. The normalized spacial score (nSPS) is 17.1. The molecule has 1 saturated carbocycles. The van der Waals surface area contributed by atoms with Gasteiger partial charge in [-0.2, -0.15) is 8.78 Å². The van der Waals surface area contributed by atoms with Crippen molar-refractivity contribution >= 4 is 23.2 Å². The van der Waals surface area contributed by atoms with Crippen LogP contribution in [0.3, 0.4) is 0 Å². The number of alkyl halides is 3. The van der Waals surface area contributed by atoms with Gasteiger partial charge in [-0.15, -0.1) is 0 Å². The van der Waals surface area contributed by atoms with E-state index < -0.39 is 22.5 Å². The fourth-order valence-corrected chi connectivity index (χ4v) is 1.21. The Kier molecular flexibility index (Phi) is 4.02. The number of halogens is 3. The summed E-state index contributed by atoms with van der Waals surface area (Å²) < 4.78 is 29.9. The van der Waals surface area contributed by atoms with Crippen molar-refractivity contribution in [3.05, 3.63) is 11.8 Å². The van der Waals surface area contributed by atoms with Gasteiger partial charge in [0.25, 0.3) is 5.78 Å². The van der Waals surface area contributed by atoms with Gasteiger partial charge in [-0.05, 0) is 31.4 Å². The molecule has 0 aromatic carbocycles. The molecule has 0 aromatic rings. The Balaban J connectivity index is 2.86. The largest absolute Gasteiger partial charge is 0.501 e. The van der Waals surface area contributed by atoms with Crippen LogP contribution in [0.15, 0.2) is 11.8 Å². The fourth-order valence-electron chi connectivity index (χ4n) is 1.11. The van der Waals surface area contributed by atoms with Crippen LogP contribution in [0.25, 0.3) is 0 Å². The van der Waals surface area contributed by atoms with Crippen LogP contribution in [-0.4, -0.2) is 23.6 Å². The van der Waals surface area contributed by atoms with Gasteiger partial charge >= 0.3 is 5.38 Å². The molecule has 90 valence electrons. The fraction of sp³-hybridized carbons (Fsp3) is 0.600. The van der Waals surface area contributed by atoms with Crippen molar-refractivity contribution in [2.75, 3.05) is 6.61 Å². The second-order valence-corrected chi connectivity index (χ2v) is 3.93. The molecule has 1 aliphatic carbocycles. The molecule has 1 rings (SSSR count). The van der Waals surface area contributed by atoms with Crippen LogP contribution in [0.1, 0.15) is 19.8 Å². The van der Waals surface area contributed by atoms with Gasteiger partial charge in [0.15, 0.2) is 5.78 Å². The molecule has 0 bridgehead atoms. The lowest BCUT2D eigenvalue weighted by molar-refractivity contribution is -0.132. The second-order valence-electron chi connectivity index (χ2n) is 3.45. The molecule has 0 saturated heterocycles. The molecule has 0 spiro atoms. The van der Waals surface area contributed by atoms with Crippen LogP contribution in [0.2, 0.25) is 0 Å². The third-order valence-electron chi connectivity index (χ3n) is 2.08. The van der Waals surface area contributed by atoms with E-state index in [9.17, 15) is 18.4 Å². The van der Waals surface area contributed by atoms with Crippen LogP contribution in [0, 0.1) is 5.92 Å². The minimum absolute atomic E-state index is 0.183. The smallest absolute Gasteiger partial charge is 0.385 e. The first kappa shape index (κ1) is 13.1. The maximum atomic E-state index is 12.6. The average molecular weight is 253 g/mol. The number of hydrogen-bond donors (Lipinski definition) is 0. The maximum Gasteiger partial charge on any atom is 0.385 e.